The average molecular weight is 338 g/mol. The Labute approximate surface area is 132 Å². The molecular formula is C15H12ClNO4S. The smallest absolute Gasteiger partial charge is 0.341 e. The Morgan fingerprint density at radius 1 is 1.14 bits per heavy atom. The van der Waals surface area contributed by atoms with Gasteiger partial charge in [0.05, 0.1) is 21.2 Å². The molecule has 0 spiro atoms. The highest BCUT2D eigenvalue weighted by Gasteiger charge is 2.29. The van der Waals surface area contributed by atoms with Crippen molar-refractivity contribution in [3.8, 4) is 0 Å². The number of nitrogens with one attached hydrogen (secondary N) is 1. The van der Waals surface area contributed by atoms with Gasteiger partial charge in [-0.15, -0.1) is 0 Å². The van der Waals surface area contributed by atoms with Crippen LogP contribution in [-0.2, 0) is 21.4 Å². The summed E-state index contributed by atoms with van der Waals surface area (Å²) >= 11 is 6.06. The number of hydrogen-bond donors (Lipinski definition) is 1. The third-order valence-corrected chi connectivity index (χ3v) is 5.05. The van der Waals surface area contributed by atoms with Crippen LogP contribution in [0.5, 0.6) is 0 Å². The zero-order valence-electron chi connectivity index (χ0n) is 11.6. The number of esters is 1. The molecule has 5 nitrogen and oxygen atoms in total. The maximum Gasteiger partial charge on any atom is 0.341 e. The van der Waals surface area contributed by atoms with E-state index in [1.807, 2.05) is 6.92 Å². The van der Waals surface area contributed by atoms with Crippen LogP contribution >= 0.6 is 11.6 Å². The molecule has 0 saturated carbocycles. The summed E-state index contributed by atoms with van der Waals surface area (Å²) in [5, 5.41) is 0.147. The summed E-state index contributed by atoms with van der Waals surface area (Å²) in [5.74, 6) is -0.584. The molecule has 1 aliphatic heterocycles. The van der Waals surface area contributed by atoms with Crippen molar-refractivity contribution in [2.45, 2.75) is 18.4 Å². The van der Waals surface area contributed by atoms with Crippen LogP contribution in [0.4, 0.5) is 5.69 Å². The maximum atomic E-state index is 12.4. The first-order valence-corrected chi connectivity index (χ1v) is 8.32. The first-order chi connectivity index (χ1) is 10.4. The Morgan fingerprint density at radius 2 is 1.82 bits per heavy atom. The van der Waals surface area contributed by atoms with Gasteiger partial charge in [0, 0.05) is 5.56 Å². The highest BCUT2D eigenvalue weighted by molar-refractivity contribution is 7.92. The molecule has 1 heterocycles. The summed E-state index contributed by atoms with van der Waals surface area (Å²) in [4.78, 5) is 11.9. The number of rotatable bonds is 3. The summed E-state index contributed by atoms with van der Waals surface area (Å²) in [6.07, 6.45) is 0. The van der Waals surface area contributed by atoms with E-state index in [1.54, 1.807) is 18.2 Å². The Balaban J connectivity index is 2.05. The molecule has 114 valence electrons. The monoisotopic (exact) mass is 337 g/mol. The molecule has 0 saturated heterocycles. The highest BCUT2D eigenvalue weighted by Crippen LogP contribution is 2.35. The van der Waals surface area contributed by atoms with Gasteiger partial charge in [-0.1, -0.05) is 35.4 Å². The van der Waals surface area contributed by atoms with Gasteiger partial charge in [-0.25, -0.2) is 13.2 Å². The van der Waals surface area contributed by atoms with E-state index in [1.165, 1.54) is 18.2 Å². The van der Waals surface area contributed by atoms with E-state index in [4.69, 9.17) is 16.3 Å². The number of hydrogen-bond acceptors (Lipinski definition) is 4. The van der Waals surface area contributed by atoms with Gasteiger partial charge in [0.25, 0.3) is 10.0 Å². The van der Waals surface area contributed by atoms with Gasteiger partial charge in [-0.3, -0.25) is 4.72 Å². The standard InChI is InChI=1S/C15H12ClNO4S/c1-9-2-5-11(6-3-9)22(19,20)17-14-12(16)7-4-10-8-21-15(18)13(10)14/h2-7,17H,8H2,1H3. The predicted molar refractivity (Wildman–Crippen MR) is 82.6 cm³/mol. The predicted octanol–water partition coefficient (Wildman–Crippen LogP) is 3.12. The van der Waals surface area contributed by atoms with Crippen molar-refractivity contribution in [1.82, 2.24) is 0 Å². The summed E-state index contributed by atoms with van der Waals surface area (Å²) in [6, 6.07) is 9.56. The molecule has 0 radical (unpaired) electrons. The van der Waals surface area contributed by atoms with E-state index in [9.17, 15) is 13.2 Å². The molecule has 0 unspecified atom stereocenters. The first-order valence-electron chi connectivity index (χ1n) is 6.46. The average Bonchev–Trinajstić information content (AvgIpc) is 2.84. The van der Waals surface area contributed by atoms with Crippen molar-refractivity contribution in [2.24, 2.45) is 0 Å². The fourth-order valence-electron chi connectivity index (χ4n) is 2.20. The lowest BCUT2D eigenvalue weighted by atomic mass is 10.1. The molecule has 22 heavy (non-hydrogen) atoms. The lowest BCUT2D eigenvalue weighted by Crippen LogP contribution is -2.15. The van der Waals surface area contributed by atoms with Crippen LogP contribution in [0.2, 0.25) is 5.02 Å². The second kappa shape index (κ2) is 5.30. The SMILES string of the molecule is Cc1ccc(S(=O)(=O)Nc2c(Cl)ccc3c2C(=O)OC3)cc1. The van der Waals surface area contributed by atoms with Gasteiger partial charge in [-0.2, -0.15) is 0 Å². The number of carbonyl (C=O) groups is 1. The number of anilines is 1. The quantitative estimate of drug-likeness (QED) is 0.873. The van der Waals surface area contributed by atoms with E-state index in [0.717, 1.165) is 5.56 Å². The first kappa shape index (κ1) is 14.9. The molecule has 0 aromatic heterocycles. The topological polar surface area (TPSA) is 72.5 Å². The van der Waals surface area contributed by atoms with E-state index in [2.05, 4.69) is 4.72 Å². The van der Waals surface area contributed by atoms with Gasteiger partial charge in [0.1, 0.15) is 6.61 Å². The number of ether oxygens (including phenoxy) is 1. The van der Waals surface area contributed by atoms with Gasteiger partial charge in [0.15, 0.2) is 0 Å². The van der Waals surface area contributed by atoms with Crippen LogP contribution in [0.1, 0.15) is 21.5 Å². The van der Waals surface area contributed by atoms with E-state index < -0.39 is 16.0 Å². The Kier molecular flexibility index (Phi) is 3.58. The number of fused-ring (bicyclic) bond motifs is 1. The summed E-state index contributed by atoms with van der Waals surface area (Å²) in [7, 11) is -3.84. The van der Waals surface area contributed by atoms with Crippen LogP contribution in [0, 0.1) is 6.92 Å². The van der Waals surface area contributed by atoms with Gasteiger partial charge in [0.2, 0.25) is 0 Å². The molecule has 7 heteroatoms. The van der Waals surface area contributed by atoms with Crippen LogP contribution in [-0.4, -0.2) is 14.4 Å². The Hall–Kier alpha value is -2.05. The molecule has 0 bridgehead atoms. The zero-order chi connectivity index (χ0) is 15.9. The second-order valence-electron chi connectivity index (χ2n) is 4.95. The summed E-state index contributed by atoms with van der Waals surface area (Å²) < 4.78 is 32.2. The van der Waals surface area contributed by atoms with Crippen LogP contribution in [0.3, 0.4) is 0 Å². The van der Waals surface area contributed by atoms with Gasteiger partial charge >= 0.3 is 5.97 Å². The maximum absolute atomic E-state index is 12.4. The third-order valence-electron chi connectivity index (χ3n) is 3.37. The second-order valence-corrected chi connectivity index (χ2v) is 7.04. The molecule has 1 N–H and O–H groups in total. The highest BCUT2D eigenvalue weighted by atomic mass is 35.5. The normalized spacial score (nSPS) is 13.6. The molecule has 3 rings (SSSR count). The minimum Gasteiger partial charge on any atom is -0.457 e. The molecule has 0 atom stereocenters. The van der Waals surface area contributed by atoms with E-state index >= 15 is 0 Å². The summed E-state index contributed by atoms with van der Waals surface area (Å²) in [5.41, 5.74) is 1.78. The molecule has 0 amide bonds. The van der Waals surface area contributed by atoms with Gasteiger partial charge < -0.3 is 4.74 Å². The zero-order valence-corrected chi connectivity index (χ0v) is 13.2. The number of benzene rings is 2. The molecule has 2 aromatic rings. The lowest BCUT2D eigenvalue weighted by molar-refractivity contribution is 0.0536. The summed E-state index contributed by atoms with van der Waals surface area (Å²) in [6.45, 7) is 1.98. The van der Waals surface area contributed by atoms with Gasteiger partial charge in [-0.05, 0) is 25.1 Å². The van der Waals surface area contributed by atoms with Crippen molar-refractivity contribution >= 4 is 33.3 Å². The minimum atomic E-state index is -3.84. The molecule has 2 aromatic carbocycles. The number of aryl methyl sites for hydroxylation is 1. The van der Waals surface area contributed by atoms with Crippen molar-refractivity contribution in [1.29, 1.82) is 0 Å². The third kappa shape index (κ3) is 2.55. The van der Waals surface area contributed by atoms with Crippen molar-refractivity contribution in [3.05, 3.63) is 58.1 Å². The number of sulfonamides is 1. The van der Waals surface area contributed by atoms with E-state index in [-0.39, 0.29) is 27.8 Å². The van der Waals surface area contributed by atoms with Crippen molar-refractivity contribution in [2.75, 3.05) is 4.72 Å². The lowest BCUT2D eigenvalue weighted by Gasteiger charge is -2.12. The Bertz CT molecular complexity index is 860. The van der Waals surface area contributed by atoms with Crippen LogP contribution < -0.4 is 4.72 Å². The minimum absolute atomic E-state index is 0.0576. The molecule has 0 aliphatic carbocycles. The van der Waals surface area contributed by atoms with Crippen molar-refractivity contribution < 1.29 is 17.9 Å². The fourth-order valence-corrected chi connectivity index (χ4v) is 3.55. The van der Waals surface area contributed by atoms with Crippen LogP contribution in [0.15, 0.2) is 41.3 Å². The van der Waals surface area contributed by atoms with E-state index in [0.29, 0.717) is 5.56 Å². The Morgan fingerprint density at radius 3 is 2.50 bits per heavy atom. The fraction of sp³-hybridized carbons (Fsp3) is 0.133. The molecular weight excluding hydrogens is 326 g/mol. The number of halogens is 1. The number of carbonyl (C=O) groups excluding carboxylic acids is 1. The molecule has 1 aliphatic rings. The molecule has 0 fully saturated rings. The van der Waals surface area contributed by atoms with Crippen molar-refractivity contribution in [3.63, 3.8) is 0 Å². The number of cyclic esters (lactones) is 1. The van der Waals surface area contributed by atoms with Crippen LogP contribution in [0.25, 0.3) is 0 Å². The largest absolute Gasteiger partial charge is 0.457 e.